The number of carbonyl (C=O) groups excluding carboxylic acids is 1. The molecule has 2 aromatic heterocycles. The SMILES string of the molecule is Cc1ccc(C(=O)N(C)c2ccc(Oc3ncc(CSc4nccs4)cc3C(F)(F)F)cc2C(=O)O)cc1. The Labute approximate surface area is 223 Å². The lowest BCUT2D eigenvalue weighted by atomic mass is 10.1. The highest BCUT2D eigenvalue weighted by molar-refractivity contribution is 8.00. The summed E-state index contributed by atoms with van der Waals surface area (Å²) in [7, 11) is 1.41. The van der Waals surface area contributed by atoms with Crippen molar-refractivity contribution in [1.82, 2.24) is 9.97 Å². The maximum absolute atomic E-state index is 13.8. The highest BCUT2D eigenvalue weighted by atomic mass is 32.2. The number of thioether (sulfide) groups is 1. The van der Waals surface area contributed by atoms with Gasteiger partial charge in [-0.15, -0.1) is 11.3 Å². The number of amides is 1. The molecule has 0 spiro atoms. The molecule has 2 heterocycles. The molecular formula is C26H20F3N3O4S2. The highest BCUT2D eigenvalue weighted by Gasteiger charge is 2.36. The van der Waals surface area contributed by atoms with Crippen LogP contribution in [0.5, 0.6) is 11.6 Å². The van der Waals surface area contributed by atoms with Gasteiger partial charge in [0, 0.05) is 36.1 Å². The molecule has 0 saturated heterocycles. The summed E-state index contributed by atoms with van der Waals surface area (Å²) in [4.78, 5) is 34.0. The fourth-order valence-electron chi connectivity index (χ4n) is 3.44. The van der Waals surface area contributed by atoms with E-state index in [1.165, 1.54) is 48.5 Å². The van der Waals surface area contributed by atoms with Crippen LogP contribution in [0.4, 0.5) is 18.9 Å². The number of aromatic nitrogens is 2. The molecule has 0 saturated carbocycles. The van der Waals surface area contributed by atoms with Crippen molar-refractivity contribution in [2.24, 2.45) is 0 Å². The largest absolute Gasteiger partial charge is 0.478 e. The molecule has 4 aromatic rings. The van der Waals surface area contributed by atoms with E-state index in [2.05, 4.69) is 9.97 Å². The molecule has 38 heavy (non-hydrogen) atoms. The third kappa shape index (κ3) is 6.32. The normalized spacial score (nSPS) is 11.3. The van der Waals surface area contributed by atoms with Crippen LogP contribution in [0.15, 0.2) is 70.6 Å². The maximum atomic E-state index is 13.8. The second kappa shape index (κ2) is 11.2. The molecule has 0 unspecified atom stereocenters. The van der Waals surface area contributed by atoms with E-state index in [4.69, 9.17) is 4.74 Å². The van der Waals surface area contributed by atoms with Crippen LogP contribution in [-0.2, 0) is 11.9 Å². The predicted octanol–water partition coefficient (Wildman–Crippen LogP) is 6.92. The van der Waals surface area contributed by atoms with Crippen molar-refractivity contribution in [2.75, 3.05) is 11.9 Å². The van der Waals surface area contributed by atoms with E-state index < -0.39 is 29.5 Å². The first-order valence-corrected chi connectivity index (χ1v) is 12.9. The number of anilines is 1. The van der Waals surface area contributed by atoms with Crippen molar-refractivity contribution < 1.29 is 32.6 Å². The van der Waals surface area contributed by atoms with Crippen LogP contribution in [0.1, 0.15) is 37.4 Å². The van der Waals surface area contributed by atoms with Crippen molar-refractivity contribution >= 4 is 40.7 Å². The summed E-state index contributed by atoms with van der Waals surface area (Å²) in [5.41, 5.74) is 0.256. The summed E-state index contributed by atoms with van der Waals surface area (Å²) in [6, 6.07) is 11.3. The molecule has 0 atom stereocenters. The van der Waals surface area contributed by atoms with Crippen molar-refractivity contribution in [3.05, 3.63) is 94.1 Å². The molecule has 0 aliphatic carbocycles. The number of carboxylic acid groups (broad SMARTS) is 1. The Kier molecular flexibility index (Phi) is 8.02. The highest BCUT2D eigenvalue weighted by Crippen LogP contribution is 2.39. The van der Waals surface area contributed by atoms with E-state index in [-0.39, 0.29) is 22.8 Å². The van der Waals surface area contributed by atoms with Crippen molar-refractivity contribution in [1.29, 1.82) is 0 Å². The molecule has 0 radical (unpaired) electrons. The zero-order chi connectivity index (χ0) is 27.4. The topological polar surface area (TPSA) is 92.6 Å². The van der Waals surface area contributed by atoms with Crippen LogP contribution in [-0.4, -0.2) is 34.0 Å². The molecule has 1 N–H and O–H groups in total. The van der Waals surface area contributed by atoms with Gasteiger partial charge in [0.1, 0.15) is 15.7 Å². The standard InChI is InChI=1S/C26H20F3N3O4S2/c1-15-3-5-17(6-4-15)23(33)32(2)21-8-7-18(12-19(21)24(34)35)36-22-20(26(27,28)29)11-16(13-31-22)14-38-25-30-9-10-37-25/h3-13H,14H2,1-2H3,(H,34,35). The average Bonchev–Trinajstić information content (AvgIpc) is 3.41. The number of carbonyl (C=O) groups is 2. The minimum atomic E-state index is -4.76. The Morgan fingerprint density at radius 1 is 1.11 bits per heavy atom. The predicted molar refractivity (Wildman–Crippen MR) is 138 cm³/mol. The van der Waals surface area contributed by atoms with Gasteiger partial charge >= 0.3 is 12.1 Å². The van der Waals surface area contributed by atoms with Crippen LogP contribution in [0.2, 0.25) is 0 Å². The Morgan fingerprint density at radius 3 is 2.47 bits per heavy atom. The van der Waals surface area contributed by atoms with Gasteiger partial charge in [-0.05, 0) is 48.9 Å². The summed E-state index contributed by atoms with van der Waals surface area (Å²) in [6.45, 7) is 1.87. The second-order valence-corrected chi connectivity index (χ2v) is 10.2. The van der Waals surface area contributed by atoms with Crippen LogP contribution >= 0.6 is 23.1 Å². The Morgan fingerprint density at radius 2 is 1.84 bits per heavy atom. The molecule has 196 valence electrons. The molecule has 2 aromatic carbocycles. The van der Waals surface area contributed by atoms with Gasteiger partial charge in [-0.1, -0.05) is 29.5 Å². The van der Waals surface area contributed by atoms with Gasteiger partial charge in [-0.3, -0.25) is 4.79 Å². The number of aromatic carboxylic acids is 1. The maximum Gasteiger partial charge on any atom is 0.421 e. The number of alkyl halides is 3. The zero-order valence-corrected chi connectivity index (χ0v) is 21.7. The van der Waals surface area contributed by atoms with E-state index in [0.29, 0.717) is 15.5 Å². The van der Waals surface area contributed by atoms with Gasteiger partial charge in [-0.25, -0.2) is 14.8 Å². The Bertz CT molecular complexity index is 1460. The Balaban J connectivity index is 1.60. The molecular weight excluding hydrogens is 539 g/mol. The monoisotopic (exact) mass is 559 g/mol. The smallest absolute Gasteiger partial charge is 0.421 e. The number of pyridine rings is 1. The average molecular weight is 560 g/mol. The first-order chi connectivity index (χ1) is 18.0. The van der Waals surface area contributed by atoms with Crippen LogP contribution in [0.3, 0.4) is 0 Å². The third-order valence-electron chi connectivity index (χ3n) is 5.36. The fraction of sp³-hybridized carbons (Fsp3) is 0.154. The van der Waals surface area contributed by atoms with E-state index in [1.807, 2.05) is 6.92 Å². The summed E-state index contributed by atoms with van der Waals surface area (Å²) >= 11 is 2.66. The number of hydrogen-bond acceptors (Lipinski definition) is 7. The molecule has 7 nitrogen and oxygen atoms in total. The summed E-state index contributed by atoms with van der Waals surface area (Å²) in [6.07, 6.45) is -1.89. The van der Waals surface area contributed by atoms with Gasteiger partial charge in [0.25, 0.3) is 5.91 Å². The van der Waals surface area contributed by atoms with Crippen molar-refractivity contribution in [2.45, 2.75) is 23.2 Å². The van der Waals surface area contributed by atoms with E-state index >= 15 is 0 Å². The van der Waals surface area contributed by atoms with Gasteiger partial charge in [0.15, 0.2) is 0 Å². The molecule has 0 aliphatic rings. The fourth-order valence-corrected chi connectivity index (χ4v) is 5.00. The minimum absolute atomic E-state index is 0.0500. The molecule has 0 aliphatic heterocycles. The van der Waals surface area contributed by atoms with Gasteiger partial charge < -0.3 is 14.7 Å². The van der Waals surface area contributed by atoms with E-state index in [9.17, 15) is 27.9 Å². The molecule has 0 fully saturated rings. The minimum Gasteiger partial charge on any atom is -0.478 e. The lowest BCUT2D eigenvalue weighted by Crippen LogP contribution is -2.28. The number of rotatable bonds is 8. The van der Waals surface area contributed by atoms with Crippen LogP contribution in [0.25, 0.3) is 0 Å². The number of hydrogen-bond donors (Lipinski definition) is 1. The summed E-state index contributed by atoms with van der Waals surface area (Å²) < 4.78 is 47.6. The van der Waals surface area contributed by atoms with Crippen LogP contribution in [0, 0.1) is 6.92 Å². The lowest BCUT2D eigenvalue weighted by Gasteiger charge is -2.20. The number of carboxylic acids is 1. The summed E-state index contributed by atoms with van der Waals surface area (Å²) in [5.74, 6) is -2.50. The van der Waals surface area contributed by atoms with Gasteiger partial charge in [-0.2, -0.15) is 13.2 Å². The molecule has 4 rings (SSSR count). The third-order valence-corrected chi connectivity index (χ3v) is 7.40. The number of halogens is 3. The molecule has 0 bridgehead atoms. The number of benzene rings is 2. The van der Waals surface area contributed by atoms with Gasteiger partial charge in [0.05, 0.1) is 11.3 Å². The van der Waals surface area contributed by atoms with Crippen molar-refractivity contribution in [3.63, 3.8) is 0 Å². The second-order valence-electron chi connectivity index (χ2n) is 8.10. The number of ether oxygens (including phenoxy) is 1. The van der Waals surface area contributed by atoms with E-state index in [1.54, 1.807) is 35.8 Å². The summed E-state index contributed by atoms with van der Waals surface area (Å²) in [5, 5.41) is 11.5. The van der Waals surface area contributed by atoms with Crippen LogP contribution < -0.4 is 9.64 Å². The zero-order valence-electron chi connectivity index (χ0n) is 20.0. The first kappa shape index (κ1) is 27.1. The molecule has 1 amide bonds. The molecule has 12 heteroatoms. The number of nitrogens with zero attached hydrogens (tertiary/aromatic N) is 3. The first-order valence-electron chi connectivity index (χ1n) is 11.0. The van der Waals surface area contributed by atoms with Gasteiger partial charge in [0.2, 0.25) is 5.88 Å². The van der Waals surface area contributed by atoms with Crippen molar-refractivity contribution in [3.8, 4) is 11.6 Å². The lowest BCUT2D eigenvalue weighted by molar-refractivity contribution is -0.138. The van der Waals surface area contributed by atoms with E-state index in [0.717, 1.165) is 22.6 Å². The number of aryl methyl sites for hydroxylation is 1. The Hall–Kier alpha value is -3.90. The number of thiazole rings is 1. The quantitative estimate of drug-likeness (QED) is 0.234.